The van der Waals surface area contributed by atoms with Gasteiger partial charge in [-0.1, -0.05) is 42.5 Å². The first-order valence-corrected chi connectivity index (χ1v) is 6.88. The zero-order valence-electron chi connectivity index (χ0n) is 12.0. The largest absolute Gasteiger partial charge is 0.508 e. The number of carboxylic acids is 1. The quantitative estimate of drug-likeness (QED) is 0.681. The van der Waals surface area contributed by atoms with Gasteiger partial charge >= 0.3 is 5.97 Å². The number of H-pyrrole nitrogens is 1. The fraction of sp³-hybridized carbons (Fsp3) is 0.0556. The van der Waals surface area contributed by atoms with E-state index in [4.69, 9.17) is 0 Å². The predicted octanol–water partition coefficient (Wildman–Crippen LogP) is 4.06. The molecule has 110 valence electrons. The van der Waals surface area contributed by atoms with Gasteiger partial charge in [0.2, 0.25) is 0 Å². The Balaban J connectivity index is 2.23. The molecule has 4 nitrogen and oxygen atoms in total. The Hall–Kier alpha value is -3.01. The average Bonchev–Trinajstić information content (AvgIpc) is 2.87. The summed E-state index contributed by atoms with van der Waals surface area (Å²) in [6.07, 6.45) is 0. The average molecular weight is 293 g/mol. The first-order valence-electron chi connectivity index (χ1n) is 6.88. The standard InChI is InChI=1S/C18H15NO3/c1-11-15(12-7-9-14(20)10-8-12)17(18(21)22)19-16(11)13-5-3-2-4-6-13/h2-10,19-20H,1H3,(H,21,22). The molecule has 3 rings (SSSR count). The van der Waals surface area contributed by atoms with Crippen molar-refractivity contribution in [1.82, 2.24) is 4.98 Å². The van der Waals surface area contributed by atoms with Crippen molar-refractivity contribution in [2.24, 2.45) is 0 Å². The van der Waals surface area contributed by atoms with Gasteiger partial charge in [0, 0.05) is 11.3 Å². The number of aromatic nitrogens is 1. The number of phenols is 1. The summed E-state index contributed by atoms with van der Waals surface area (Å²) in [5, 5.41) is 18.9. The van der Waals surface area contributed by atoms with Gasteiger partial charge in [-0.15, -0.1) is 0 Å². The molecule has 0 spiro atoms. The van der Waals surface area contributed by atoms with Crippen LogP contribution in [0.25, 0.3) is 22.4 Å². The number of hydrogen-bond acceptors (Lipinski definition) is 2. The number of aromatic carboxylic acids is 1. The van der Waals surface area contributed by atoms with E-state index >= 15 is 0 Å². The van der Waals surface area contributed by atoms with Crippen LogP contribution in [0.15, 0.2) is 54.6 Å². The Morgan fingerprint density at radius 3 is 2.18 bits per heavy atom. The number of aromatic amines is 1. The third-order valence-electron chi connectivity index (χ3n) is 3.68. The molecule has 3 aromatic rings. The molecule has 22 heavy (non-hydrogen) atoms. The van der Waals surface area contributed by atoms with Crippen molar-refractivity contribution >= 4 is 5.97 Å². The molecule has 1 heterocycles. The molecule has 0 aliphatic heterocycles. The van der Waals surface area contributed by atoms with E-state index in [1.165, 1.54) is 0 Å². The topological polar surface area (TPSA) is 73.3 Å². The molecule has 0 aliphatic carbocycles. The van der Waals surface area contributed by atoms with E-state index < -0.39 is 5.97 Å². The molecule has 0 radical (unpaired) electrons. The summed E-state index contributed by atoms with van der Waals surface area (Å²) in [6.45, 7) is 1.90. The Kier molecular flexibility index (Phi) is 3.43. The first-order chi connectivity index (χ1) is 10.6. The van der Waals surface area contributed by atoms with Crippen LogP contribution in [-0.4, -0.2) is 21.2 Å². The molecule has 2 aromatic carbocycles. The Bertz CT molecular complexity index is 818. The number of rotatable bonds is 3. The number of carbonyl (C=O) groups is 1. The smallest absolute Gasteiger partial charge is 0.352 e. The number of carboxylic acid groups (broad SMARTS) is 1. The van der Waals surface area contributed by atoms with Crippen LogP contribution in [0.2, 0.25) is 0 Å². The van der Waals surface area contributed by atoms with E-state index in [0.29, 0.717) is 5.56 Å². The maximum absolute atomic E-state index is 11.6. The molecular weight excluding hydrogens is 278 g/mol. The van der Waals surface area contributed by atoms with Gasteiger partial charge in [-0.25, -0.2) is 4.79 Å². The van der Waals surface area contributed by atoms with E-state index in [1.54, 1.807) is 24.3 Å². The molecule has 0 bridgehead atoms. The SMILES string of the molecule is Cc1c(-c2ccccc2)[nH]c(C(=O)O)c1-c1ccc(O)cc1. The minimum Gasteiger partial charge on any atom is -0.508 e. The second-order valence-corrected chi connectivity index (χ2v) is 5.09. The number of hydrogen-bond donors (Lipinski definition) is 3. The molecule has 0 saturated carbocycles. The lowest BCUT2D eigenvalue weighted by Gasteiger charge is -2.04. The molecular formula is C18H15NO3. The summed E-state index contributed by atoms with van der Waals surface area (Å²) in [7, 11) is 0. The van der Waals surface area contributed by atoms with Crippen molar-refractivity contribution in [1.29, 1.82) is 0 Å². The van der Waals surface area contributed by atoms with Crippen LogP contribution in [0, 0.1) is 6.92 Å². The Morgan fingerprint density at radius 1 is 0.955 bits per heavy atom. The van der Waals surface area contributed by atoms with Gasteiger partial charge in [0.1, 0.15) is 11.4 Å². The van der Waals surface area contributed by atoms with E-state index in [9.17, 15) is 15.0 Å². The minimum atomic E-state index is -1.01. The number of phenolic OH excluding ortho intramolecular Hbond substituents is 1. The second-order valence-electron chi connectivity index (χ2n) is 5.09. The van der Waals surface area contributed by atoms with Gasteiger partial charge in [0.25, 0.3) is 0 Å². The van der Waals surface area contributed by atoms with Crippen LogP contribution in [0.1, 0.15) is 16.1 Å². The van der Waals surface area contributed by atoms with E-state index in [2.05, 4.69) is 4.98 Å². The molecule has 0 fully saturated rings. The van der Waals surface area contributed by atoms with E-state index in [1.807, 2.05) is 37.3 Å². The summed E-state index contributed by atoms with van der Waals surface area (Å²) >= 11 is 0. The molecule has 0 aliphatic rings. The van der Waals surface area contributed by atoms with Gasteiger partial charge in [-0.2, -0.15) is 0 Å². The first kappa shape index (κ1) is 13.9. The maximum Gasteiger partial charge on any atom is 0.352 e. The number of aromatic hydroxyl groups is 1. The molecule has 3 N–H and O–H groups in total. The van der Waals surface area contributed by atoms with Crippen molar-refractivity contribution < 1.29 is 15.0 Å². The maximum atomic E-state index is 11.6. The van der Waals surface area contributed by atoms with Crippen molar-refractivity contribution in [3.05, 3.63) is 65.9 Å². The zero-order valence-corrected chi connectivity index (χ0v) is 12.0. The molecule has 0 atom stereocenters. The zero-order chi connectivity index (χ0) is 15.7. The summed E-state index contributed by atoms with van der Waals surface area (Å²) in [5.41, 5.74) is 4.16. The van der Waals surface area contributed by atoms with Gasteiger partial charge in [-0.05, 0) is 35.7 Å². The Labute approximate surface area is 127 Å². The van der Waals surface area contributed by atoms with Crippen LogP contribution in [0.4, 0.5) is 0 Å². The molecule has 0 unspecified atom stereocenters. The normalized spacial score (nSPS) is 10.6. The summed E-state index contributed by atoms with van der Waals surface area (Å²) in [4.78, 5) is 14.6. The highest BCUT2D eigenvalue weighted by Gasteiger charge is 2.21. The number of benzene rings is 2. The highest BCUT2D eigenvalue weighted by Crippen LogP contribution is 2.35. The minimum absolute atomic E-state index is 0.150. The van der Waals surface area contributed by atoms with E-state index in [0.717, 1.165) is 22.4 Å². The second kappa shape index (κ2) is 5.41. The van der Waals surface area contributed by atoms with Crippen LogP contribution in [0.5, 0.6) is 5.75 Å². The summed E-state index contributed by atoms with van der Waals surface area (Å²) < 4.78 is 0. The van der Waals surface area contributed by atoms with Crippen LogP contribution in [0.3, 0.4) is 0 Å². The number of nitrogens with one attached hydrogen (secondary N) is 1. The van der Waals surface area contributed by atoms with E-state index in [-0.39, 0.29) is 11.4 Å². The highest BCUT2D eigenvalue weighted by atomic mass is 16.4. The lowest BCUT2D eigenvalue weighted by molar-refractivity contribution is 0.0692. The fourth-order valence-corrected chi connectivity index (χ4v) is 2.64. The van der Waals surface area contributed by atoms with Crippen molar-refractivity contribution in [3.63, 3.8) is 0 Å². The van der Waals surface area contributed by atoms with Gasteiger partial charge in [0.15, 0.2) is 0 Å². The van der Waals surface area contributed by atoms with Crippen LogP contribution in [-0.2, 0) is 0 Å². The van der Waals surface area contributed by atoms with Crippen LogP contribution >= 0.6 is 0 Å². The molecule has 1 aromatic heterocycles. The van der Waals surface area contributed by atoms with Gasteiger partial charge in [-0.3, -0.25) is 0 Å². The summed E-state index contributed by atoms with van der Waals surface area (Å²) in [6, 6.07) is 16.1. The Morgan fingerprint density at radius 2 is 1.59 bits per heavy atom. The van der Waals surface area contributed by atoms with Crippen molar-refractivity contribution in [2.75, 3.05) is 0 Å². The van der Waals surface area contributed by atoms with Crippen molar-refractivity contribution in [3.8, 4) is 28.1 Å². The highest BCUT2D eigenvalue weighted by molar-refractivity contribution is 5.98. The predicted molar refractivity (Wildman–Crippen MR) is 85.0 cm³/mol. The molecule has 0 saturated heterocycles. The van der Waals surface area contributed by atoms with Gasteiger partial charge < -0.3 is 15.2 Å². The van der Waals surface area contributed by atoms with Crippen LogP contribution < -0.4 is 0 Å². The monoisotopic (exact) mass is 293 g/mol. The van der Waals surface area contributed by atoms with Crippen molar-refractivity contribution in [2.45, 2.75) is 6.92 Å². The van der Waals surface area contributed by atoms with Gasteiger partial charge in [0.05, 0.1) is 0 Å². The fourth-order valence-electron chi connectivity index (χ4n) is 2.64. The third kappa shape index (κ3) is 2.35. The lowest BCUT2D eigenvalue weighted by Crippen LogP contribution is -1.99. The summed E-state index contributed by atoms with van der Waals surface area (Å²) in [5.74, 6) is -0.856. The lowest BCUT2D eigenvalue weighted by atomic mass is 9.99. The third-order valence-corrected chi connectivity index (χ3v) is 3.68. The molecule has 4 heteroatoms. The molecule has 0 amide bonds.